The van der Waals surface area contributed by atoms with Crippen molar-refractivity contribution >= 4 is 22.7 Å². The average Bonchev–Trinajstić information content (AvgIpc) is 2.68. The van der Waals surface area contributed by atoms with Gasteiger partial charge in [0.25, 0.3) is 0 Å². The Labute approximate surface area is 145 Å². The normalized spacial score (nSPS) is 11.2. The smallest absolute Gasteiger partial charge is 0.159 e. The molecule has 0 amide bonds. The number of aromatic nitrogens is 2. The molecule has 4 nitrogen and oxygen atoms in total. The molecule has 0 atom stereocenters. The number of hydrogen-bond donors (Lipinski definition) is 1. The first-order valence-electron chi connectivity index (χ1n) is 7.93. The number of aliphatic imine (C=N–C) groups is 1. The van der Waals surface area contributed by atoms with E-state index in [-0.39, 0.29) is 5.75 Å². The number of aromatic hydroxyl groups is 1. The zero-order valence-corrected chi connectivity index (χ0v) is 13.4. The highest BCUT2D eigenvalue weighted by molar-refractivity contribution is 6.02. The van der Waals surface area contributed by atoms with Crippen LogP contribution in [-0.2, 0) is 0 Å². The van der Waals surface area contributed by atoms with Gasteiger partial charge in [0.05, 0.1) is 18.1 Å². The van der Waals surface area contributed by atoms with E-state index in [2.05, 4.69) is 15.0 Å². The van der Waals surface area contributed by atoms with Crippen molar-refractivity contribution in [2.45, 2.75) is 0 Å². The van der Waals surface area contributed by atoms with E-state index in [0.717, 1.165) is 16.3 Å². The molecule has 25 heavy (non-hydrogen) atoms. The van der Waals surface area contributed by atoms with Crippen molar-refractivity contribution in [1.29, 1.82) is 0 Å². The lowest BCUT2D eigenvalue weighted by Crippen LogP contribution is -1.88. The first-order chi connectivity index (χ1) is 12.3. The van der Waals surface area contributed by atoms with Crippen LogP contribution < -0.4 is 0 Å². The second kappa shape index (κ2) is 6.53. The van der Waals surface area contributed by atoms with Gasteiger partial charge >= 0.3 is 0 Å². The van der Waals surface area contributed by atoms with Crippen molar-refractivity contribution in [3.63, 3.8) is 0 Å². The van der Waals surface area contributed by atoms with Gasteiger partial charge in [0.2, 0.25) is 0 Å². The number of phenolic OH excluding ortho intramolecular Hbond substituents is 1. The third-order valence-electron chi connectivity index (χ3n) is 3.96. The minimum atomic E-state index is 0.198. The van der Waals surface area contributed by atoms with Crippen LogP contribution in [0.5, 0.6) is 5.75 Å². The van der Waals surface area contributed by atoms with Gasteiger partial charge in [-0.3, -0.25) is 4.99 Å². The zero-order chi connectivity index (χ0) is 17.1. The summed E-state index contributed by atoms with van der Waals surface area (Å²) >= 11 is 0. The molecular weight excluding hydrogens is 310 g/mol. The largest absolute Gasteiger partial charge is 0.507 e. The maximum Gasteiger partial charge on any atom is 0.159 e. The summed E-state index contributed by atoms with van der Waals surface area (Å²) in [4.78, 5) is 13.1. The van der Waals surface area contributed by atoms with E-state index in [4.69, 9.17) is 0 Å². The summed E-state index contributed by atoms with van der Waals surface area (Å²) in [6.45, 7) is 0. The summed E-state index contributed by atoms with van der Waals surface area (Å²) in [7, 11) is 0. The van der Waals surface area contributed by atoms with Gasteiger partial charge in [-0.25, -0.2) is 9.97 Å². The van der Waals surface area contributed by atoms with Crippen LogP contribution in [0.3, 0.4) is 0 Å². The zero-order valence-electron chi connectivity index (χ0n) is 13.4. The van der Waals surface area contributed by atoms with E-state index in [1.807, 2.05) is 60.7 Å². The number of benzene rings is 3. The maximum atomic E-state index is 10.2. The summed E-state index contributed by atoms with van der Waals surface area (Å²) in [5, 5.41) is 12.2. The number of nitrogens with zero attached hydrogens (tertiary/aromatic N) is 3. The molecule has 0 aliphatic carbocycles. The lowest BCUT2D eigenvalue weighted by Gasteiger charge is -2.04. The van der Waals surface area contributed by atoms with E-state index in [1.54, 1.807) is 24.7 Å². The summed E-state index contributed by atoms with van der Waals surface area (Å²) < 4.78 is 0. The van der Waals surface area contributed by atoms with Gasteiger partial charge in [0, 0.05) is 17.3 Å². The van der Waals surface area contributed by atoms with Crippen LogP contribution in [0.4, 0.5) is 5.69 Å². The van der Waals surface area contributed by atoms with E-state index < -0.39 is 0 Å². The Morgan fingerprint density at radius 2 is 1.52 bits per heavy atom. The van der Waals surface area contributed by atoms with Crippen molar-refractivity contribution in [3.8, 4) is 17.1 Å². The highest BCUT2D eigenvalue weighted by atomic mass is 16.3. The fraction of sp³-hybridized carbons (Fsp3) is 0. The molecule has 1 heterocycles. The monoisotopic (exact) mass is 325 g/mol. The van der Waals surface area contributed by atoms with Crippen molar-refractivity contribution in [2.75, 3.05) is 0 Å². The highest BCUT2D eigenvalue weighted by Crippen LogP contribution is 2.26. The van der Waals surface area contributed by atoms with Crippen LogP contribution in [0.1, 0.15) is 5.56 Å². The number of hydrogen-bond acceptors (Lipinski definition) is 4. The molecule has 0 unspecified atom stereocenters. The first kappa shape index (κ1) is 15.0. The fourth-order valence-corrected chi connectivity index (χ4v) is 2.68. The molecule has 0 radical (unpaired) electrons. The fourth-order valence-electron chi connectivity index (χ4n) is 2.68. The Morgan fingerprint density at radius 1 is 0.800 bits per heavy atom. The van der Waals surface area contributed by atoms with Crippen molar-refractivity contribution < 1.29 is 5.11 Å². The molecule has 4 rings (SSSR count). The molecule has 0 aliphatic rings. The first-order valence-corrected chi connectivity index (χ1v) is 7.93. The molecular formula is C21H15N3O. The van der Waals surface area contributed by atoms with Gasteiger partial charge < -0.3 is 5.11 Å². The maximum absolute atomic E-state index is 10.2. The number of rotatable bonds is 3. The molecule has 0 aliphatic heterocycles. The van der Waals surface area contributed by atoms with E-state index in [0.29, 0.717) is 17.1 Å². The molecule has 0 bridgehead atoms. The number of fused-ring (bicyclic) bond motifs is 1. The molecule has 1 N–H and O–H groups in total. The lowest BCUT2D eigenvalue weighted by atomic mass is 10.0. The summed E-state index contributed by atoms with van der Waals surface area (Å²) in [5.74, 6) is 0.858. The predicted octanol–water partition coefficient (Wildman–Crippen LogP) is 4.75. The van der Waals surface area contributed by atoms with Crippen LogP contribution in [0.15, 0.2) is 84.1 Å². The van der Waals surface area contributed by atoms with Crippen molar-refractivity contribution in [1.82, 2.24) is 9.97 Å². The van der Waals surface area contributed by atoms with Gasteiger partial charge in [0.1, 0.15) is 5.75 Å². The van der Waals surface area contributed by atoms with Gasteiger partial charge in [-0.05, 0) is 16.8 Å². The van der Waals surface area contributed by atoms with Crippen LogP contribution in [0.25, 0.3) is 22.2 Å². The van der Waals surface area contributed by atoms with Gasteiger partial charge in [-0.15, -0.1) is 0 Å². The van der Waals surface area contributed by atoms with Crippen LogP contribution in [0.2, 0.25) is 0 Å². The summed E-state index contributed by atoms with van der Waals surface area (Å²) in [6, 6.07) is 21.2. The average molecular weight is 325 g/mol. The molecule has 0 fully saturated rings. The third-order valence-corrected chi connectivity index (χ3v) is 3.96. The summed E-state index contributed by atoms with van der Waals surface area (Å²) in [5.41, 5.74) is 2.28. The quantitative estimate of drug-likeness (QED) is 0.553. The van der Waals surface area contributed by atoms with Crippen LogP contribution in [-0.4, -0.2) is 21.3 Å². The Balaban J connectivity index is 1.66. The van der Waals surface area contributed by atoms with Gasteiger partial charge in [-0.2, -0.15) is 0 Å². The predicted molar refractivity (Wildman–Crippen MR) is 100 cm³/mol. The van der Waals surface area contributed by atoms with E-state index in [1.165, 1.54) is 0 Å². The Kier molecular flexibility index (Phi) is 3.92. The molecule has 3 aromatic carbocycles. The van der Waals surface area contributed by atoms with Gasteiger partial charge in [0.15, 0.2) is 5.82 Å². The Hall–Kier alpha value is -3.53. The van der Waals surface area contributed by atoms with E-state index >= 15 is 0 Å². The summed E-state index contributed by atoms with van der Waals surface area (Å²) in [6.07, 6.45) is 5.00. The molecule has 120 valence electrons. The highest BCUT2D eigenvalue weighted by Gasteiger charge is 2.05. The SMILES string of the molecule is Oc1ccc2ccccc2c1C=Nc1cnc(-c2ccccc2)nc1. The van der Waals surface area contributed by atoms with Crippen molar-refractivity contribution in [2.24, 2.45) is 4.99 Å². The Bertz CT molecular complexity index is 1040. The standard InChI is InChI=1S/C21H15N3O/c25-20-11-10-15-6-4-5-9-18(15)19(20)14-22-17-12-23-21(24-13-17)16-7-2-1-3-8-16/h1-14,25H. The molecule has 0 spiro atoms. The van der Waals surface area contributed by atoms with E-state index in [9.17, 15) is 5.11 Å². The minimum Gasteiger partial charge on any atom is -0.507 e. The van der Waals surface area contributed by atoms with Gasteiger partial charge in [-0.1, -0.05) is 60.7 Å². The molecule has 0 saturated heterocycles. The molecule has 1 aromatic heterocycles. The molecule has 4 heteroatoms. The van der Waals surface area contributed by atoms with Crippen molar-refractivity contribution in [3.05, 3.63) is 84.7 Å². The Morgan fingerprint density at radius 3 is 2.32 bits per heavy atom. The number of phenols is 1. The van der Waals surface area contributed by atoms with Crippen LogP contribution in [0, 0.1) is 0 Å². The second-order valence-corrected chi connectivity index (χ2v) is 5.61. The minimum absolute atomic E-state index is 0.198. The lowest BCUT2D eigenvalue weighted by molar-refractivity contribution is 0.475. The second-order valence-electron chi connectivity index (χ2n) is 5.61. The van der Waals surface area contributed by atoms with Crippen LogP contribution >= 0.6 is 0 Å². The topological polar surface area (TPSA) is 58.4 Å². The molecule has 0 saturated carbocycles. The third kappa shape index (κ3) is 3.10. The molecule has 4 aromatic rings.